The normalized spacial score (nSPS) is 10.3. The molecule has 3 nitrogen and oxygen atoms in total. The van der Waals surface area contributed by atoms with E-state index in [4.69, 9.17) is 32.7 Å². The van der Waals surface area contributed by atoms with E-state index in [1.54, 1.807) is 13.2 Å². The van der Waals surface area contributed by atoms with E-state index >= 15 is 0 Å². The first-order valence-electron chi connectivity index (χ1n) is 6.15. The second kappa shape index (κ2) is 6.87. The Morgan fingerprint density at radius 3 is 2.52 bits per heavy atom. The van der Waals surface area contributed by atoms with E-state index in [9.17, 15) is 4.39 Å². The van der Waals surface area contributed by atoms with Crippen LogP contribution in [-0.2, 0) is 6.54 Å². The maximum absolute atomic E-state index is 13.2. The lowest BCUT2D eigenvalue weighted by atomic mass is 10.2. The topological polar surface area (TPSA) is 30.5 Å². The fourth-order valence-electron chi connectivity index (χ4n) is 1.89. The Hall–Kier alpha value is -1.65. The first-order chi connectivity index (χ1) is 10.1. The molecule has 112 valence electrons. The Morgan fingerprint density at radius 2 is 1.86 bits per heavy atom. The number of halogens is 3. The number of nitrogens with one attached hydrogen (secondary N) is 1. The van der Waals surface area contributed by atoms with Crippen molar-refractivity contribution < 1.29 is 13.9 Å². The molecule has 2 aromatic rings. The van der Waals surface area contributed by atoms with Crippen molar-refractivity contribution >= 4 is 28.9 Å². The van der Waals surface area contributed by atoms with E-state index in [1.165, 1.54) is 25.3 Å². The highest BCUT2D eigenvalue weighted by molar-refractivity contribution is 6.33. The zero-order valence-electron chi connectivity index (χ0n) is 11.5. The number of rotatable bonds is 5. The third kappa shape index (κ3) is 3.52. The van der Waals surface area contributed by atoms with Crippen LogP contribution in [0, 0.1) is 5.82 Å². The molecule has 0 unspecified atom stereocenters. The number of hydrogen-bond donors (Lipinski definition) is 1. The highest BCUT2D eigenvalue weighted by Gasteiger charge is 2.13. The van der Waals surface area contributed by atoms with Gasteiger partial charge in [0, 0.05) is 6.54 Å². The summed E-state index contributed by atoms with van der Waals surface area (Å²) < 4.78 is 23.6. The van der Waals surface area contributed by atoms with E-state index in [1.807, 2.05) is 6.07 Å². The molecule has 0 heterocycles. The Labute approximate surface area is 132 Å². The molecule has 0 radical (unpaired) electrons. The molecular formula is C15H14Cl2FNO2. The fourth-order valence-corrected chi connectivity index (χ4v) is 2.37. The number of methoxy groups -OCH3 is 2. The van der Waals surface area contributed by atoms with Crippen LogP contribution in [0.2, 0.25) is 10.0 Å². The van der Waals surface area contributed by atoms with Gasteiger partial charge in [0.1, 0.15) is 5.82 Å². The van der Waals surface area contributed by atoms with Gasteiger partial charge >= 0.3 is 0 Å². The van der Waals surface area contributed by atoms with E-state index in [2.05, 4.69) is 5.32 Å². The summed E-state index contributed by atoms with van der Waals surface area (Å²) >= 11 is 12.3. The standard InChI is InChI=1S/C15H14Cl2FNO2/c1-20-13-6-3-9(14(17)15(13)21-2)8-19-12-7-10(18)4-5-11(12)16/h3-7,19H,8H2,1-2H3. The molecule has 0 amide bonds. The summed E-state index contributed by atoms with van der Waals surface area (Å²) in [7, 11) is 3.06. The third-order valence-electron chi connectivity index (χ3n) is 2.96. The van der Waals surface area contributed by atoms with Crippen molar-refractivity contribution in [3.05, 3.63) is 51.8 Å². The molecule has 0 atom stereocenters. The molecule has 0 saturated heterocycles. The zero-order chi connectivity index (χ0) is 15.4. The van der Waals surface area contributed by atoms with Gasteiger partial charge in [-0.3, -0.25) is 0 Å². The predicted octanol–water partition coefficient (Wildman–Crippen LogP) is 4.76. The summed E-state index contributed by atoms with van der Waals surface area (Å²) in [6.07, 6.45) is 0. The third-order valence-corrected chi connectivity index (χ3v) is 3.71. The molecule has 0 aliphatic carbocycles. The number of hydrogen-bond acceptors (Lipinski definition) is 3. The van der Waals surface area contributed by atoms with E-state index in [0.717, 1.165) is 5.56 Å². The number of benzene rings is 2. The van der Waals surface area contributed by atoms with Gasteiger partial charge in [0.05, 0.1) is 30.0 Å². The van der Waals surface area contributed by atoms with Crippen molar-refractivity contribution in [2.24, 2.45) is 0 Å². The largest absolute Gasteiger partial charge is 0.493 e. The molecule has 1 N–H and O–H groups in total. The molecule has 0 aliphatic rings. The quantitative estimate of drug-likeness (QED) is 0.857. The van der Waals surface area contributed by atoms with Crippen LogP contribution in [0.4, 0.5) is 10.1 Å². The molecule has 0 spiro atoms. The Balaban J connectivity index is 2.22. The van der Waals surface area contributed by atoms with E-state index in [0.29, 0.717) is 33.8 Å². The van der Waals surface area contributed by atoms with Crippen LogP contribution in [0.3, 0.4) is 0 Å². The second-order valence-electron chi connectivity index (χ2n) is 4.25. The van der Waals surface area contributed by atoms with Gasteiger partial charge in [-0.2, -0.15) is 0 Å². The van der Waals surface area contributed by atoms with Gasteiger partial charge in [-0.25, -0.2) is 4.39 Å². The highest BCUT2D eigenvalue weighted by Crippen LogP contribution is 2.37. The summed E-state index contributed by atoms with van der Waals surface area (Å²) in [5, 5.41) is 3.93. The second-order valence-corrected chi connectivity index (χ2v) is 5.04. The molecule has 0 aliphatic heterocycles. The van der Waals surface area contributed by atoms with Gasteiger partial charge in [0.25, 0.3) is 0 Å². The molecule has 0 aromatic heterocycles. The molecule has 0 fully saturated rings. The molecule has 6 heteroatoms. The van der Waals surface area contributed by atoms with Crippen LogP contribution < -0.4 is 14.8 Å². The van der Waals surface area contributed by atoms with Gasteiger partial charge in [0.15, 0.2) is 11.5 Å². The Bertz CT molecular complexity index is 650. The highest BCUT2D eigenvalue weighted by atomic mass is 35.5. The molecular weight excluding hydrogens is 316 g/mol. The molecule has 21 heavy (non-hydrogen) atoms. The van der Waals surface area contributed by atoms with Crippen LogP contribution in [-0.4, -0.2) is 14.2 Å². The van der Waals surface area contributed by atoms with Crippen molar-refractivity contribution in [3.8, 4) is 11.5 Å². The Kier molecular flexibility index (Phi) is 5.15. The minimum Gasteiger partial charge on any atom is -0.493 e. The average molecular weight is 330 g/mol. The van der Waals surface area contributed by atoms with Crippen LogP contribution in [0.15, 0.2) is 30.3 Å². The zero-order valence-corrected chi connectivity index (χ0v) is 13.1. The van der Waals surface area contributed by atoms with E-state index in [-0.39, 0.29) is 5.82 Å². The first kappa shape index (κ1) is 15.7. The van der Waals surface area contributed by atoms with Crippen LogP contribution >= 0.6 is 23.2 Å². The molecule has 2 aromatic carbocycles. The Morgan fingerprint density at radius 1 is 1.10 bits per heavy atom. The lowest BCUT2D eigenvalue weighted by Gasteiger charge is -2.14. The fraction of sp³-hybridized carbons (Fsp3) is 0.200. The summed E-state index contributed by atoms with van der Waals surface area (Å²) in [4.78, 5) is 0. The van der Waals surface area contributed by atoms with Crippen molar-refractivity contribution in [2.75, 3.05) is 19.5 Å². The summed E-state index contributed by atoms with van der Waals surface area (Å²) in [5.41, 5.74) is 1.29. The van der Waals surface area contributed by atoms with Crippen molar-refractivity contribution in [1.29, 1.82) is 0 Å². The summed E-state index contributed by atoms with van der Waals surface area (Å²) in [5.74, 6) is 0.652. The van der Waals surface area contributed by atoms with Gasteiger partial charge < -0.3 is 14.8 Å². The van der Waals surface area contributed by atoms with Gasteiger partial charge in [-0.1, -0.05) is 29.3 Å². The minimum absolute atomic E-state index is 0.361. The van der Waals surface area contributed by atoms with Crippen LogP contribution in [0.25, 0.3) is 0 Å². The van der Waals surface area contributed by atoms with Gasteiger partial charge in [0.2, 0.25) is 0 Å². The predicted molar refractivity (Wildman–Crippen MR) is 83.3 cm³/mol. The monoisotopic (exact) mass is 329 g/mol. The first-order valence-corrected chi connectivity index (χ1v) is 6.90. The maximum atomic E-state index is 13.2. The number of anilines is 1. The lowest BCUT2D eigenvalue weighted by Crippen LogP contribution is -2.02. The van der Waals surface area contributed by atoms with Crippen molar-refractivity contribution in [3.63, 3.8) is 0 Å². The minimum atomic E-state index is -0.361. The number of ether oxygens (including phenoxy) is 2. The smallest absolute Gasteiger partial charge is 0.179 e. The average Bonchev–Trinajstić information content (AvgIpc) is 2.48. The maximum Gasteiger partial charge on any atom is 0.179 e. The van der Waals surface area contributed by atoms with Crippen molar-refractivity contribution in [2.45, 2.75) is 6.54 Å². The van der Waals surface area contributed by atoms with E-state index < -0.39 is 0 Å². The molecule has 0 bridgehead atoms. The van der Waals surface area contributed by atoms with Crippen LogP contribution in [0.1, 0.15) is 5.56 Å². The molecule has 0 saturated carbocycles. The lowest BCUT2D eigenvalue weighted by molar-refractivity contribution is 0.355. The van der Waals surface area contributed by atoms with Crippen LogP contribution in [0.5, 0.6) is 11.5 Å². The van der Waals surface area contributed by atoms with Gasteiger partial charge in [-0.15, -0.1) is 0 Å². The summed E-state index contributed by atoms with van der Waals surface area (Å²) in [6.45, 7) is 0.377. The molecule has 2 rings (SSSR count). The SMILES string of the molecule is COc1ccc(CNc2cc(F)ccc2Cl)c(Cl)c1OC. The van der Waals surface area contributed by atoms with Crippen molar-refractivity contribution in [1.82, 2.24) is 0 Å². The summed E-state index contributed by atoms with van der Waals surface area (Å²) in [6, 6.07) is 7.70. The van der Waals surface area contributed by atoms with Gasteiger partial charge in [-0.05, 0) is 29.8 Å².